The van der Waals surface area contributed by atoms with E-state index < -0.39 is 5.60 Å². The number of fused-ring (bicyclic) bond motifs is 1. The highest BCUT2D eigenvalue weighted by atomic mass is 19.1. The molecular weight excluding hydrogens is 373 g/mol. The quantitative estimate of drug-likeness (QED) is 0.710. The first kappa shape index (κ1) is 18.1. The first-order valence-corrected chi connectivity index (χ1v) is 9.92. The van der Waals surface area contributed by atoms with E-state index in [9.17, 15) is 14.3 Å². The number of nitrogens with zero attached hydrogens (tertiary/aromatic N) is 4. The van der Waals surface area contributed by atoms with Crippen molar-refractivity contribution in [2.75, 3.05) is 23.3 Å². The molecule has 1 aromatic carbocycles. The van der Waals surface area contributed by atoms with Gasteiger partial charge < -0.3 is 10.0 Å². The Morgan fingerprint density at radius 2 is 1.90 bits per heavy atom. The van der Waals surface area contributed by atoms with Gasteiger partial charge in [0, 0.05) is 24.6 Å². The van der Waals surface area contributed by atoms with E-state index in [-0.39, 0.29) is 17.6 Å². The molecule has 1 aliphatic heterocycles. The summed E-state index contributed by atoms with van der Waals surface area (Å²) in [5, 5.41) is 18.3. The second-order valence-corrected chi connectivity index (χ2v) is 7.85. The van der Waals surface area contributed by atoms with Crippen LogP contribution in [0.1, 0.15) is 31.2 Å². The van der Waals surface area contributed by atoms with Crippen LogP contribution in [-0.2, 0) is 10.4 Å². The van der Waals surface area contributed by atoms with Crippen molar-refractivity contribution in [3.63, 3.8) is 0 Å². The molecule has 3 heterocycles. The molecule has 8 heteroatoms. The zero-order chi connectivity index (χ0) is 20.0. The second kappa shape index (κ2) is 6.81. The molecule has 1 saturated carbocycles. The third-order valence-corrected chi connectivity index (χ3v) is 5.81. The van der Waals surface area contributed by atoms with Crippen molar-refractivity contribution in [1.82, 2.24) is 14.6 Å². The van der Waals surface area contributed by atoms with Crippen LogP contribution in [0.25, 0.3) is 5.65 Å². The number of benzene rings is 1. The molecule has 29 heavy (non-hydrogen) atoms. The maximum absolute atomic E-state index is 14.2. The Labute approximate surface area is 167 Å². The number of aliphatic hydroxyl groups is 1. The summed E-state index contributed by atoms with van der Waals surface area (Å²) < 4.78 is 15.9. The molecule has 1 amide bonds. The maximum atomic E-state index is 14.2. The number of rotatable bonds is 4. The number of halogens is 1. The van der Waals surface area contributed by atoms with Gasteiger partial charge in [-0.1, -0.05) is 24.3 Å². The van der Waals surface area contributed by atoms with Gasteiger partial charge in [-0.05, 0) is 43.9 Å². The summed E-state index contributed by atoms with van der Waals surface area (Å²) in [4.78, 5) is 18.5. The molecule has 2 aromatic heterocycles. The fourth-order valence-corrected chi connectivity index (χ4v) is 3.96. The van der Waals surface area contributed by atoms with Crippen LogP contribution >= 0.6 is 0 Å². The van der Waals surface area contributed by atoms with E-state index in [1.165, 1.54) is 6.07 Å². The van der Waals surface area contributed by atoms with Crippen molar-refractivity contribution >= 4 is 23.3 Å². The van der Waals surface area contributed by atoms with Gasteiger partial charge in [-0.2, -0.15) is 9.50 Å². The minimum atomic E-state index is -1.18. The molecule has 1 saturated heterocycles. The average molecular weight is 395 g/mol. The molecule has 2 N–H and O–H groups in total. The van der Waals surface area contributed by atoms with E-state index in [0.29, 0.717) is 43.1 Å². The molecule has 7 nitrogen and oxygen atoms in total. The van der Waals surface area contributed by atoms with Crippen LogP contribution in [-0.4, -0.2) is 38.7 Å². The molecule has 0 unspecified atom stereocenters. The van der Waals surface area contributed by atoms with Gasteiger partial charge in [-0.25, -0.2) is 4.39 Å². The molecule has 3 aromatic rings. The van der Waals surface area contributed by atoms with Crippen molar-refractivity contribution in [2.24, 2.45) is 5.92 Å². The zero-order valence-electron chi connectivity index (χ0n) is 15.9. The van der Waals surface area contributed by atoms with E-state index in [1.54, 1.807) is 22.7 Å². The predicted molar refractivity (Wildman–Crippen MR) is 106 cm³/mol. The number of piperidine rings is 1. The number of anilines is 2. The minimum Gasteiger partial charge on any atom is -0.385 e. The lowest BCUT2D eigenvalue weighted by atomic mass is 9.84. The van der Waals surface area contributed by atoms with Crippen LogP contribution in [0.15, 0.2) is 42.5 Å². The molecule has 150 valence electrons. The van der Waals surface area contributed by atoms with Crippen LogP contribution in [0, 0.1) is 11.7 Å². The zero-order valence-corrected chi connectivity index (χ0v) is 15.9. The summed E-state index contributed by atoms with van der Waals surface area (Å²) in [6, 6.07) is 12.1. The smallest absolute Gasteiger partial charge is 0.249 e. The van der Waals surface area contributed by atoms with Gasteiger partial charge in [-0.3, -0.25) is 10.1 Å². The molecule has 0 spiro atoms. The third kappa shape index (κ3) is 3.33. The van der Waals surface area contributed by atoms with Gasteiger partial charge in [0.15, 0.2) is 5.65 Å². The lowest BCUT2D eigenvalue weighted by Gasteiger charge is -2.39. The van der Waals surface area contributed by atoms with Gasteiger partial charge in [0.25, 0.3) is 0 Å². The molecule has 0 atom stereocenters. The van der Waals surface area contributed by atoms with Crippen LogP contribution < -0.4 is 10.2 Å². The van der Waals surface area contributed by atoms with Crippen LogP contribution in [0.5, 0.6) is 0 Å². The normalized spacial score (nSPS) is 18.8. The van der Waals surface area contributed by atoms with Crippen LogP contribution in [0.2, 0.25) is 0 Å². The van der Waals surface area contributed by atoms with Gasteiger partial charge in [0.2, 0.25) is 11.9 Å². The number of carbonyl (C=O) groups excluding carboxylic acids is 1. The molecule has 2 aliphatic rings. The monoisotopic (exact) mass is 395 g/mol. The number of aromatic nitrogens is 3. The largest absolute Gasteiger partial charge is 0.385 e. The van der Waals surface area contributed by atoms with Gasteiger partial charge in [-0.15, -0.1) is 5.10 Å². The van der Waals surface area contributed by atoms with Crippen molar-refractivity contribution in [2.45, 2.75) is 31.3 Å². The maximum Gasteiger partial charge on any atom is 0.249 e. The van der Waals surface area contributed by atoms with E-state index in [0.717, 1.165) is 18.7 Å². The van der Waals surface area contributed by atoms with Crippen LogP contribution in [0.4, 0.5) is 16.2 Å². The van der Waals surface area contributed by atoms with E-state index in [4.69, 9.17) is 0 Å². The lowest BCUT2D eigenvalue weighted by molar-refractivity contribution is -0.117. The number of amides is 1. The summed E-state index contributed by atoms with van der Waals surface area (Å²) >= 11 is 0. The van der Waals surface area contributed by atoms with Gasteiger partial charge in [0.05, 0.1) is 5.60 Å². The highest BCUT2D eigenvalue weighted by molar-refractivity contribution is 5.92. The summed E-state index contributed by atoms with van der Waals surface area (Å²) in [6.45, 7) is 1.10. The fourth-order valence-electron chi connectivity index (χ4n) is 3.96. The number of hydrogen-bond donors (Lipinski definition) is 2. The fraction of sp³-hybridized carbons (Fsp3) is 0.381. The van der Waals surface area contributed by atoms with E-state index in [1.807, 2.05) is 18.2 Å². The first-order valence-electron chi connectivity index (χ1n) is 9.92. The first-order chi connectivity index (χ1) is 14.0. The molecule has 1 aliphatic carbocycles. The van der Waals surface area contributed by atoms with Crippen molar-refractivity contribution in [1.29, 1.82) is 0 Å². The average Bonchev–Trinajstić information content (AvgIpc) is 3.49. The Morgan fingerprint density at radius 3 is 2.62 bits per heavy atom. The second-order valence-electron chi connectivity index (χ2n) is 7.85. The Balaban J connectivity index is 1.37. The SMILES string of the molecule is O=C(Nc1nc2cccc(N3CCC(O)(c4ccccc4F)CC3)n2n1)C1CC1. The summed E-state index contributed by atoms with van der Waals surface area (Å²) in [5.41, 5.74) is -0.186. The highest BCUT2D eigenvalue weighted by Crippen LogP contribution is 2.36. The molecular formula is C21H22FN5O2. The minimum absolute atomic E-state index is 0.0321. The molecule has 2 fully saturated rings. The third-order valence-electron chi connectivity index (χ3n) is 5.81. The summed E-state index contributed by atoms with van der Waals surface area (Å²) in [5.74, 6) is 0.805. The van der Waals surface area contributed by atoms with Crippen molar-refractivity contribution in [3.8, 4) is 0 Å². The van der Waals surface area contributed by atoms with Gasteiger partial charge >= 0.3 is 0 Å². The lowest BCUT2D eigenvalue weighted by Crippen LogP contribution is -2.43. The standard InChI is InChI=1S/C21H22FN5O2/c22-16-5-2-1-4-15(16)21(29)10-12-26(13-11-21)18-7-3-6-17-23-20(25-27(17)18)24-19(28)14-8-9-14/h1-7,14,29H,8-13H2,(H,24,25,28). The Kier molecular flexibility index (Phi) is 4.24. The van der Waals surface area contributed by atoms with E-state index in [2.05, 4.69) is 20.3 Å². The Bertz CT molecular complexity index is 1070. The molecule has 0 bridgehead atoms. The summed E-state index contributed by atoms with van der Waals surface area (Å²) in [7, 11) is 0. The summed E-state index contributed by atoms with van der Waals surface area (Å²) in [6.07, 6.45) is 2.65. The molecule has 0 radical (unpaired) electrons. The van der Waals surface area contributed by atoms with Crippen LogP contribution in [0.3, 0.4) is 0 Å². The van der Waals surface area contributed by atoms with Crippen molar-refractivity contribution < 1.29 is 14.3 Å². The number of carbonyl (C=O) groups is 1. The topological polar surface area (TPSA) is 82.8 Å². The highest BCUT2D eigenvalue weighted by Gasteiger charge is 2.36. The van der Waals surface area contributed by atoms with Crippen molar-refractivity contribution in [3.05, 3.63) is 53.8 Å². The Hall–Kier alpha value is -3.00. The number of pyridine rings is 1. The number of hydrogen-bond acceptors (Lipinski definition) is 5. The molecule has 5 rings (SSSR count). The number of nitrogens with one attached hydrogen (secondary N) is 1. The van der Waals surface area contributed by atoms with E-state index >= 15 is 0 Å². The Morgan fingerprint density at radius 1 is 1.14 bits per heavy atom. The van der Waals surface area contributed by atoms with Gasteiger partial charge in [0.1, 0.15) is 11.6 Å². The predicted octanol–water partition coefficient (Wildman–Crippen LogP) is 2.70.